The van der Waals surface area contributed by atoms with Crippen molar-refractivity contribution in [3.63, 3.8) is 0 Å². The van der Waals surface area contributed by atoms with Gasteiger partial charge < -0.3 is 15.0 Å². The lowest BCUT2D eigenvalue weighted by molar-refractivity contribution is -0.120. The number of nitrogens with one attached hydrogen (secondary N) is 2. The molecule has 3 heterocycles. The van der Waals surface area contributed by atoms with Gasteiger partial charge in [0.15, 0.2) is 5.13 Å². The Kier molecular flexibility index (Phi) is 6.79. The van der Waals surface area contributed by atoms with Gasteiger partial charge in [0.05, 0.1) is 16.8 Å². The summed E-state index contributed by atoms with van der Waals surface area (Å²) >= 11 is 1.42. The molecule has 1 aromatic carbocycles. The van der Waals surface area contributed by atoms with Crippen molar-refractivity contribution in [2.75, 3.05) is 25.0 Å². The molecule has 1 aliphatic heterocycles. The molecule has 0 unspecified atom stereocenters. The number of rotatable bonds is 6. The average Bonchev–Trinajstić information content (AvgIpc) is 3.32. The molecular weight excluding hydrogens is 476 g/mol. The minimum absolute atomic E-state index is 0.0453. The number of aromatic amines is 1. The van der Waals surface area contributed by atoms with Gasteiger partial charge in [-0.25, -0.2) is 18.2 Å². The topological polar surface area (TPSA) is 121 Å². The third-order valence-corrected chi connectivity index (χ3v) is 9.00. The van der Waals surface area contributed by atoms with Crippen molar-refractivity contribution >= 4 is 48.6 Å². The Morgan fingerprint density at radius 1 is 1.21 bits per heavy atom. The lowest BCUT2D eigenvalue weighted by Gasteiger charge is -2.30. The number of anilines is 1. The number of hydrogen-bond donors (Lipinski definition) is 2. The fourth-order valence-electron chi connectivity index (χ4n) is 4.31. The molecule has 182 valence electrons. The molecule has 9 nitrogen and oxygen atoms in total. The highest BCUT2D eigenvalue weighted by atomic mass is 32.2. The molecule has 0 saturated carbocycles. The highest BCUT2D eigenvalue weighted by molar-refractivity contribution is 7.89. The predicted octanol–water partition coefficient (Wildman–Crippen LogP) is 3.77. The Hall–Kier alpha value is -2.76. The number of fused-ring (bicyclic) bond motifs is 1. The maximum Gasteiger partial charge on any atom is 0.341 e. The SMILES string of the molecule is CCOC(=O)c1c(C)[nH]c(C)c1S(=O)(=O)N1CCC(C(=O)Nc2nc3ccc(C)cc3s2)CC1. The summed E-state index contributed by atoms with van der Waals surface area (Å²) in [5.74, 6) is -1.14. The van der Waals surface area contributed by atoms with Crippen molar-refractivity contribution in [1.82, 2.24) is 14.3 Å². The summed E-state index contributed by atoms with van der Waals surface area (Å²) < 4.78 is 34.3. The highest BCUT2D eigenvalue weighted by Crippen LogP contribution is 2.32. The minimum Gasteiger partial charge on any atom is -0.462 e. The van der Waals surface area contributed by atoms with E-state index in [0.717, 1.165) is 15.8 Å². The number of aromatic nitrogens is 2. The van der Waals surface area contributed by atoms with E-state index in [1.54, 1.807) is 20.8 Å². The fraction of sp³-hybridized carbons (Fsp3) is 0.435. The maximum atomic E-state index is 13.4. The van der Waals surface area contributed by atoms with Crippen molar-refractivity contribution < 1.29 is 22.7 Å². The van der Waals surface area contributed by atoms with Gasteiger partial charge in [-0.3, -0.25) is 4.79 Å². The van der Waals surface area contributed by atoms with Gasteiger partial charge in [-0.1, -0.05) is 17.4 Å². The second kappa shape index (κ2) is 9.47. The molecule has 1 amide bonds. The lowest BCUT2D eigenvalue weighted by Crippen LogP contribution is -2.41. The van der Waals surface area contributed by atoms with Gasteiger partial charge in [0.1, 0.15) is 10.5 Å². The zero-order valence-electron chi connectivity index (χ0n) is 19.6. The summed E-state index contributed by atoms with van der Waals surface area (Å²) in [5.41, 5.74) is 2.86. The number of nitrogens with zero attached hydrogens (tertiary/aromatic N) is 2. The Morgan fingerprint density at radius 2 is 1.91 bits per heavy atom. The Bertz CT molecular complexity index is 1350. The summed E-state index contributed by atoms with van der Waals surface area (Å²) in [5, 5.41) is 3.43. The number of aryl methyl sites for hydroxylation is 3. The number of carbonyl (C=O) groups excluding carboxylic acids is 2. The molecule has 4 rings (SSSR count). The Labute approximate surface area is 202 Å². The van der Waals surface area contributed by atoms with Crippen molar-refractivity contribution in [2.24, 2.45) is 5.92 Å². The lowest BCUT2D eigenvalue weighted by atomic mass is 9.97. The first kappa shape index (κ1) is 24.4. The van der Waals surface area contributed by atoms with Crippen LogP contribution in [0.15, 0.2) is 23.1 Å². The van der Waals surface area contributed by atoms with Crippen LogP contribution in [0.5, 0.6) is 0 Å². The number of piperidine rings is 1. The van der Waals surface area contributed by atoms with Gasteiger partial charge in [0, 0.05) is 30.4 Å². The number of hydrogen-bond acceptors (Lipinski definition) is 7. The molecule has 2 aromatic heterocycles. The average molecular weight is 505 g/mol. The minimum atomic E-state index is -3.94. The second-order valence-electron chi connectivity index (χ2n) is 8.46. The number of ether oxygens (including phenoxy) is 1. The van der Waals surface area contributed by atoms with Crippen LogP contribution in [0.4, 0.5) is 5.13 Å². The quantitative estimate of drug-likeness (QED) is 0.493. The fourth-order valence-corrected chi connectivity index (χ4v) is 7.16. The van der Waals surface area contributed by atoms with E-state index in [4.69, 9.17) is 4.74 Å². The Balaban J connectivity index is 1.46. The van der Waals surface area contributed by atoms with Gasteiger partial charge in [0.25, 0.3) is 0 Å². The molecule has 2 N–H and O–H groups in total. The number of thiazole rings is 1. The number of carbonyl (C=O) groups is 2. The monoisotopic (exact) mass is 504 g/mol. The molecule has 0 bridgehead atoms. The highest BCUT2D eigenvalue weighted by Gasteiger charge is 2.37. The van der Waals surface area contributed by atoms with Crippen LogP contribution in [0, 0.1) is 26.7 Å². The van der Waals surface area contributed by atoms with Crippen LogP contribution in [0.2, 0.25) is 0 Å². The van der Waals surface area contributed by atoms with Crippen LogP contribution in [0.3, 0.4) is 0 Å². The smallest absolute Gasteiger partial charge is 0.341 e. The molecule has 1 saturated heterocycles. The second-order valence-corrected chi connectivity index (χ2v) is 11.4. The zero-order chi connectivity index (χ0) is 24.6. The van der Waals surface area contributed by atoms with E-state index < -0.39 is 16.0 Å². The third kappa shape index (κ3) is 4.59. The molecule has 0 atom stereocenters. The molecule has 0 spiro atoms. The van der Waals surface area contributed by atoms with E-state index in [0.29, 0.717) is 29.4 Å². The molecule has 11 heteroatoms. The maximum absolute atomic E-state index is 13.4. The zero-order valence-corrected chi connectivity index (χ0v) is 21.2. The summed E-state index contributed by atoms with van der Waals surface area (Å²) in [4.78, 5) is 32.7. The molecule has 3 aromatic rings. The van der Waals surface area contributed by atoms with Crippen LogP contribution in [-0.4, -0.2) is 54.3 Å². The van der Waals surface area contributed by atoms with Gasteiger partial charge >= 0.3 is 5.97 Å². The molecule has 1 aliphatic rings. The van der Waals surface area contributed by atoms with Crippen molar-refractivity contribution in [3.05, 3.63) is 40.7 Å². The molecule has 0 aliphatic carbocycles. The van der Waals surface area contributed by atoms with E-state index >= 15 is 0 Å². The first-order chi connectivity index (χ1) is 16.1. The van der Waals surface area contributed by atoms with Crippen LogP contribution >= 0.6 is 11.3 Å². The number of amides is 1. The van der Waals surface area contributed by atoms with E-state index in [1.807, 2.05) is 25.1 Å². The number of benzene rings is 1. The predicted molar refractivity (Wildman–Crippen MR) is 131 cm³/mol. The summed E-state index contributed by atoms with van der Waals surface area (Å²) in [7, 11) is -3.94. The normalized spacial score (nSPS) is 15.5. The molecule has 1 fully saturated rings. The molecular formula is C23H28N4O5S2. The van der Waals surface area contributed by atoms with Gasteiger partial charge in [-0.2, -0.15) is 4.31 Å². The first-order valence-corrected chi connectivity index (χ1v) is 13.4. The van der Waals surface area contributed by atoms with Gasteiger partial charge in [-0.15, -0.1) is 0 Å². The summed E-state index contributed by atoms with van der Waals surface area (Å²) in [6.45, 7) is 7.48. The van der Waals surface area contributed by atoms with E-state index in [-0.39, 0.29) is 42.0 Å². The van der Waals surface area contributed by atoms with E-state index in [2.05, 4.69) is 15.3 Å². The third-order valence-electron chi connectivity index (χ3n) is 5.99. The van der Waals surface area contributed by atoms with Crippen LogP contribution in [-0.2, 0) is 19.6 Å². The van der Waals surface area contributed by atoms with Gasteiger partial charge in [0.2, 0.25) is 15.9 Å². The van der Waals surface area contributed by atoms with Crippen molar-refractivity contribution in [1.29, 1.82) is 0 Å². The molecule has 0 radical (unpaired) electrons. The number of H-pyrrole nitrogens is 1. The Morgan fingerprint density at radius 3 is 2.59 bits per heavy atom. The van der Waals surface area contributed by atoms with E-state index in [1.165, 1.54) is 15.6 Å². The van der Waals surface area contributed by atoms with Crippen LogP contribution < -0.4 is 5.32 Å². The summed E-state index contributed by atoms with van der Waals surface area (Å²) in [6, 6.07) is 5.93. The van der Waals surface area contributed by atoms with Crippen molar-refractivity contribution in [2.45, 2.75) is 45.4 Å². The largest absolute Gasteiger partial charge is 0.462 e. The van der Waals surface area contributed by atoms with Crippen LogP contribution in [0.1, 0.15) is 47.1 Å². The number of esters is 1. The first-order valence-electron chi connectivity index (χ1n) is 11.2. The van der Waals surface area contributed by atoms with Crippen molar-refractivity contribution in [3.8, 4) is 0 Å². The summed E-state index contributed by atoms with van der Waals surface area (Å²) in [6.07, 6.45) is 0.762. The van der Waals surface area contributed by atoms with E-state index in [9.17, 15) is 18.0 Å². The number of sulfonamides is 1. The molecule has 34 heavy (non-hydrogen) atoms. The van der Waals surface area contributed by atoms with Crippen LogP contribution in [0.25, 0.3) is 10.2 Å². The van der Waals surface area contributed by atoms with Gasteiger partial charge in [-0.05, 0) is 58.2 Å². The standard InChI is InChI=1S/C23H28N4O5S2/c1-5-32-22(29)19-14(3)24-15(4)20(19)34(30,31)27-10-8-16(9-11-27)21(28)26-23-25-17-7-6-13(2)12-18(17)33-23/h6-7,12,16,24H,5,8-11H2,1-4H3,(H,25,26,28).